The Labute approximate surface area is 201 Å². The number of hydrogen-bond donors (Lipinski definition) is 2. The molecule has 1 unspecified atom stereocenters. The zero-order valence-electron chi connectivity index (χ0n) is 18.8. The average molecular weight is 485 g/mol. The Bertz CT molecular complexity index is 1210. The summed E-state index contributed by atoms with van der Waals surface area (Å²) in [6.07, 6.45) is 2.23. The van der Waals surface area contributed by atoms with E-state index in [2.05, 4.69) is 10.4 Å². The minimum absolute atomic E-state index is 0.0680. The number of nitrogens with zero attached hydrogens (tertiary/aromatic N) is 3. The highest BCUT2D eigenvalue weighted by molar-refractivity contribution is 6.32. The lowest BCUT2D eigenvalue weighted by molar-refractivity contribution is 0.0651. The van der Waals surface area contributed by atoms with Gasteiger partial charge in [-0.25, -0.2) is 0 Å². The number of rotatable bonds is 8. The van der Waals surface area contributed by atoms with E-state index in [0.29, 0.717) is 28.6 Å². The van der Waals surface area contributed by atoms with Gasteiger partial charge >= 0.3 is 0 Å². The Morgan fingerprint density at radius 2 is 1.91 bits per heavy atom. The number of aromatic nitrogens is 2. The molecule has 2 heterocycles. The van der Waals surface area contributed by atoms with E-state index in [0.717, 1.165) is 19.5 Å². The third-order valence-electron chi connectivity index (χ3n) is 5.24. The summed E-state index contributed by atoms with van der Waals surface area (Å²) >= 11 is 6.40. The second-order valence-corrected chi connectivity index (χ2v) is 8.43. The van der Waals surface area contributed by atoms with E-state index in [1.807, 2.05) is 0 Å². The van der Waals surface area contributed by atoms with Crippen LogP contribution in [0.5, 0.6) is 17.2 Å². The van der Waals surface area contributed by atoms with Gasteiger partial charge in [-0.3, -0.25) is 14.3 Å². The van der Waals surface area contributed by atoms with Gasteiger partial charge in [0.1, 0.15) is 23.4 Å². The highest BCUT2D eigenvalue weighted by Crippen LogP contribution is 2.33. The van der Waals surface area contributed by atoms with E-state index in [4.69, 9.17) is 21.1 Å². The number of aliphatic hydroxyl groups excluding tert-OH is 1. The van der Waals surface area contributed by atoms with E-state index in [1.165, 1.54) is 0 Å². The van der Waals surface area contributed by atoms with Crippen LogP contribution in [0, 0.1) is 0 Å². The highest BCUT2D eigenvalue weighted by Gasteiger charge is 2.22. The predicted molar refractivity (Wildman–Crippen MR) is 127 cm³/mol. The number of carbonyl (C=O) groups is 2. The van der Waals surface area contributed by atoms with Crippen molar-refractivity contribution in [2.24, 2.45) is 7.05 Å². The van der Waals surface area contributed by atoms with E-state index < -0.39 is 12.0 Å². The Morgan fingerprint density at radius 3 is 2.53 bits per heavy atom. The minimum atomic E-state index is -0.489. The molecule has 0 aliphatic carbocycles. The summed E-state index contributed by atoms with van der Waals surface area (Å²) < 4.78 is 13.2. The molecule has 1 aliphatic rings. The first-order chi connectivity index (χ1) is 16.3. The molecule has 178 valence electrons. The van der Waals surface area contributed by atoms with Crippen molar-refractivity contribution in [1.82, 2.24) is 14.7 Å². The summed E-state index contributed by atoms with van der Waals surface area (Å²) in [7, 11) is 1.75. The molecule has 10 heteroatoms. The van der Waals surface area contributed by atoms with Crippen LogP contribution >= 0.6 is 11.6 Å². The summed E-state index contributed by atoms with van der Waals surface area (Å²) in [6, 6.07) is 11.2. The van der Waals surface area contributed by atoms with Crippen molar-refractivity contribution in [3.8, 4) is 17.2 Å². The van der Waals surface area contributed by atoms with Crippen LogP contribution in [0.2, 0.25) is 5.02 Å². The highest BCUT2D eigenvalue weighted by atomic mass is 35.5. The van der Waals surface area contributed by atoms with Gasteiger partial charge in [0.15, 0.2) is 5.82 Å². The number of carbonyl (C=O) groups excluding carboxylic acids is 2. The second kappa shape index (κ2) is 10.1. The second-order valence-electron chi connectivity index (χ2n) is 8.03. The third kappa shape index (κ3) is 5.49. The van der Waals surface area contributed by atoms with Crippen molar-refractivity contribution >= 4 is 29.2 Å². The Hall–Kier alpha value is -3.56. The number of nitrogens with one attached hydrogen (secondary N) is 1. The van der Waals surface area contributed by atoms with Gasteiger partial charge in [-0.05, 0) is 43.7 Å². The van der Waals surface area contributed by atoms with Crippen LogP contribution in [0.4, 0.5) is 5.82 Å². The van der Waals surface area contributed by atoms with Crippen molar-refractivity contribution in [2.75, 3.05) is 25.0 Å². The molecule has 2 amide bonds. The van der Waals surface area contributed by atoms with E-state index >= 15 is 0 Å². The number of amides is 2. The molecule has 0 radical (unpaired) electrons. The maximum Gasteiger partial charge on any atom is 0.257 e. The van der Waals surface area contributed by atoms with Gasteiger partial charge in [0, 0.05) is 49.6 Å². The molecular weight excluding hydrogens is 460 g/mol. The lowest BCUT2D eigenvalue weighted by atomic mass is 10.1. The number of benzene rings is 2. The van der Waals surface area contributed by atoms with Crippen LogP contribution in [-0.2, 0) is 7.05 Å². The summed E-state index contributed by atoms with van der Waals surface area (Å²) in [5.74, 6) is 0.887. The number of likely N-dealkylation sites (tertiary alicyclic amines) is 1. The lowest BCUT2D eigenvalue weighted by Crippen LogP contribution is -2.41. The summed E-state index contributed by atoms with van der Waals surface area (Å²) in [6.45, 7) is 3.00. The smallest absolute Gasteiger partial charge is 0.257 e. The van der Waals surface area contributed by atoms with Gasteiger partial charge in [-0.15, -0.1) is 0 Å². The largest absolute Gasteiger partial charge is 0.488 e. The van der Waals surface area contributed by atoms with Gasteiger partial charge in [0.25, 0.3) is 11.8 Å². The molecule has 4 rings (SSSR count). The van der Waals surface area contributed by atoms with Gasteiger partial charge in [0.2, 0.25) is 0 Å². The maximum absolute atomic E-state index is 12.8. The maximum atomic E-state index is 12.8. The van der Waals surface area contributed by atoms with Crippen molar-refractivity contribution in [2.45, 2.75) is 19.4 Å². The monoisotopic (exact) mass is 484 g/mol. The molecule has 1 fully saturated rings. The van der Waals surface area contributed by atoms with Crippen LogP contribution in [0.1, 0.15) is 34.1 Å². The SMILES string of the molecule is CC(CO)Oc1cc(Oc2ccc(C(=O)N3CCC3)cc2Cl)cc(C(=O)Nc2ccn(C)n2)c1. The fraction of sp³-hybridized carbons (Fsp3) is 0.292. The van der Waals surface area contributed by atoms with Crippen LogP contribution in [0.15, 0.2) is 48.7 Å². The lowest BCUT2D eigenvalue weighted by Gasteiger charge is -2.31. The summed E-state index contributed by atoms with van der Waals surface area (Å²) in [5.41, 5.74) is 0.755. The molecule has 1 aromatic heterocycles. The molecule has 1 saturated heterocycles. The molecule has 34 heavy (non-hydrogen) atoms. The Morgan fingerprint density at radius 1 is 1.15 bits per heavy atom. The van der Waals surface area contributed by atoms with Crippen LogP contribution in [0.3, 0.4) is 0 Å². The number of aryl methyl sites for hydroxylation is 1. The molecule has 3 aromatic rings. The van der Waals surface area contributed by atoms with Gasteiger partial charge in [-0.2, -0.15) is 5.10 Å². The Kier molecular flexibility index (Phi) is 7.04. The number of aliphatic hydroxyl groups is 1. The molecular formula is C24H25ClN4O5. The average Bonchev–Trinajstić information content (AvgIpc) is 3.18. The summed E-state index contributed by atoms with van der Waals surface area (Å²) in [5, 5.41) is 16.5. The van der Waals surface area contributed by atoms with Crippen molar-refractivity contribution in [1.29, 1.82) is 0 Å². The van der Waals surface area contributed by atoms with E-state index in [1.54, 1.807) is 72.2 Å². The third-order valence-corrected chi connectivity index (χ3v) is 5.54. The first kappa shape index (κ1) is 23.6. The van der Waals surface area contributed by atoms with E-state index in [9.17, 15) is 14.7 Å². The fourth-order valence-corrected chi connectivity index (χ4v) is 3.53. The van der Waals surface area contributed by atoms with Crippen LogP contribution in [-0.4, -0.2) is 57.4 Å². The zero-order valence-corrected chi connectivity index (χ0v) is 19.6. The molecule has 2 aromatic carbocycles. The molecule has 0 spiro atoms. The molecule has 2 N–H and O–H groups in total. The van der Waals surface area contributed by atoms with Gasteiger partial charge in [-0.1, -0.05) is 11.6 Å². The molecule has 9 nitrogen and oxygen atoms in total. The normalized spacial score (nSPS) is 13.7. The molecule has 1 aliphatic heterocycles. The first-order valence-corrected chi connectivity index (χ1v) is 11.2. The predicted octanol–water partition coefficient (Wildman–Crippen LogP) is 3.72. The fourth-order valence-electron chi connectivity index (χ4n) is 3.32. The van der Waals surface area contributed by atoms with Crippen molar-refractivity contribution < 1.29 is 24.2 Å². The van der Waals surface area contributed by atoms with Crippen molar-refractivity contribution in [3.63, 3.8) is 0 Å². The zero-order chi connectivity index (χ0) is 24.2. The van der Waals surface area contributed by atoms with Crippen LogP contribution < -0.4 is 14.8 Å². The number of halogens is 1. The number of anilines is 1. The summed E-state index contributed by atoms with van der Waals surface area (Å²) in [4.78, 5) is 27.0. The first-order valence-electron chi connectivity index (χ1n) is 10.8. The topological polar surface area (TPSA) is 106 Å². The molecule has 0 bridgehead atoms. The van der Waals surface area contributed by atoms with Gasteiger partial charge < -0.3 is 24.8 Å². The quantitative estimate of drug-likeness (QED) is 0.504. The van der Waals surface area contributed by atoms with Gasteiger partial charge in [0.05, 0.1) is 11.6 Å². The standard InChI is InChI=1S/C24H25ClN4O5/c1-15(14-30)33-18-10-17(23(31)26-22-6-9-28(2)27-22)11-19(13-18)34-21-5-4-16(12-20(21)25)24(32)29-7-3-8-29/h4-6,9-13,15,30H,3,7-8,14H2,1-2H3,(H,26,27,31). The Balaban J connectivity index is 1.58. The minimum Gasteiger partial charge on any atom is -0.488 e. The molecule has 1 atom stereocenters. The number of hydrogen-bond acceptors (Lipinski definition) is 6. The number of ether oxygens (including phenoxy) is 2. The van der Waals surface area contributed by atoms with Crippen molar-refractivity contribution in [3.05, 3.63) is 64.8 Å². The van der Waals surface area contributed by atoms with E-state index in [-0.39, 0.29) is 23.1 Å². The van der Waals surface area contributed by atoms with Crippen LogP contribution in [0.25, 0.3) is 0 Å². The molecule has 0 saturated carbocycles.